The van der Waals surface area contributed by atoms with Crippen molar-refractivity contribution in [2.75, 3.05) is 7.11 Å². The van der Waals surface area contributed by atoms with E-state index < -0.39 is 34.9 Å². The van der Waals surface area contributed by atoms with Crippen LogP contribution in [0, 0.1) is 0 Å². The molecule has 0 unspecified atom stereocenters. The van der Waals surface area contributed by atoms with Crippen molar-refractivity contribution in [2.45, 2.75) is 23.1 Å². The van der Waals surface area contributed by atoms with Crippen LogP contribution >= 0.6 is 23.4 Å². The number of aliphatic carboxylic acids is 1. The largest absolute Gasteiger partial charge is 0.504 e. The number of halogens is 4. The molecule has 3 aromatic rings. The first-order chi connectivity index (χ1) is 15.1. The topological polar surface area (TPSA) is 97.5 Å². The molecule has 2 atom stereocenters. The number of para-hydroxylation sites is 1. The van der Waals surface area contributed by atoms with Crippen molar-refractivity contribution in [3.05, 3.63) is 64.2 Å². The summed E-state index contributed by atoms with van der Waals surface area (Å²) in [7, 11) is 1.37. The molecule has 32 heavy (non-hydrogen) atoms. The van der Waals surface area contributed by atoms with Gasteiger partial charge in [0.05, 0.1) is 29.7 Å². The number of nitrogens with zero attached hydrogens (tertiary/aromatic N) is 3. The molecule has 0 bridgehead atoms. The third-order valence-corrected chi connectivity index (χ3v) is 6.66. The van der Waals surface area contributed by atoms with Gasteiger partial charge in [-0.3, -0.25) is 9.36 Å². The molecule has 2 aromatic carbocycles. The summed E-state index contributed by atoms with van der Waals surface area (Å²) >= 11 is 7.22. The van der Waals surface area contributed by atoms with E-state index in [0.717, 1.165) is 16.3 Å². The number of hydrogen-bond acceptors (Lipinski definition) is 6. The third-order valence-electron chi connectivity index (χ3n) is 4.94. The number of carboxylic acids is 1. The normalized spacial score (nSPS) is 17.9. The lowest BCUT2D eigenvalue weighted by Crippen LogP contribution is -2.16. The van der Waals surface area contributed by atoms with Crippen LogP contribution in [0.2, 0.25) is 5.02 Å². The number of ether oxygens (including phenoxy) is 1. The number of aromatic nitrogens is 3. The molecule has 0 aliphatic carbocycles. The molecule has 2 heterocycles. The van der Waals surface area contributed by atoms with E-state index in [1.807, 2.05) is 0 Å². The van der Waals surface area contributed by atoms with Gasteiger partial charge in [0, 0.05) is 10.6 Å². The van der Waals surface area contributed by atoms with Crippen LogP contribution in [0.1, 0.15) is 39.7 Å². The van der Waals surface area contributed by atoms with Crippen molar-refractivity contribution < 1.29 is 32.9 Å². The van der Waals surface area contributed by atoms with Gasteiger partial charge >= 0.3 is 12.1 Å². The summed E-state index contributed by atoms with van der Waals surface area (Å²) in [4.78, 5) is 11.5. The van der Waals surface area contributed by atoms with Crippen molar-refractivity contribution in [3.8, 4) is 17.2 Å². The number of fused-ring (bicyclic) bond motifs is 3. The van der Waals surface area contributed by atoms with Gasteiger partial charge in [-0.1, -0.05) is 23.7 Å². The van der Waals surface area contributed by atoms with Crippen LogP contribution in [0.3, 0.4) is 0 Å². The van der Waals surface area contributed by atoms with E-state index in [0.29, 0.717) is 11.1 Å². The first-order valence-corrected chi connectivity index (χ1v) is 10.5. The minimum atomic E-state index is -4.83. The number of phenolic OH excluding ortho intramolecular Hbond substituents is 1. The van der Waals surface area contributed by atoms with Crippen molar-refractivity contribution in [2.24, 2.45) is 0 Å². The van der Waals surface area contributed by atoms with E-state index in [4.69, 9.17) is 16.3 Å². The summed E-state index contributed by atoms with van der Waals surface area (Å²) in [5.74, 6) is -2.69. The number of aromatic hydroxyl groups is 1. The number of benzene rings is 2. The molecule has 0 amide bonds. The van der Waals surface area contributed by atoms with Crippen molar-refractivity contribution in [1.29, 1.82) is 0 Å². The summed E-state index contributed by atoms with van der Waals surface area (Å²) in [6, 6.07) is 9.06. The van der Waals surface area contributed by atoms with E-state index >= 15 is 0 Å². The number of methoxy groups -OCH3 is 1. The molecule has 2 N–H and O–H groups in total. The van der Waals surface area contributed by atoms with E-state index in [-0.39, 0.29) is 28.0 Å². The zero-order chi connectivity index (χ0) is 23.2. The van der Waals surface area contributed by atoms with Crippen LogP contribution < -0.4 is 4.74 Å². The highest BCUT2D eigenvalue weighted by Crippen LogP contribution is 2.54. The van der Waals surface area contributed by atoms with Gasteiger partial charge < -0.3 is 14.9 Å². The lowest BCUT2D eigenvalue weighted by Gasteiger charge is -2.22. The highest BCUT2D eigenvalue weighted by atomic mass is 35.5. The molecule has 0 saturated heterocycles. The molecular weight excluding hydrogens is 471 g/mol. The molecule has 168 valence electrons. The van der Waals surface area contributed by atoms with E-state index in [1.165, 1.54) is 31.4 Å². The number of rotatable bonds is 4. The summed E-state index contributed by atoms with van der Waals surface area (Å²) in [6.07, 6.45) is -5.35. The lowest BCUT2D eigenvalue weighted by molar-refractivity contribution is -0.146. The molecule has 0 spiro atoms. The van der Waals surface area contributed by atoms with Gasteiger partial charge in [0.1, 0.15) is 0 Å². The SMILES string of the molecule is COc1cccc([C@H]2S[C@H](CC(=O)O)c3nnc(C(F)(F)F)n3-c3ccc(Cl)cc32)c1O. The lowest BCUT2D eigenvalue weighted by atomic mass is 10.0. The Morgan fingerprint density at radius 2 is 2.00 bits per heavy atom. The molecule has 4 rings (SSSR count). The van der Waals surface area contributed by atoms with Gasteiger partial charge in [-0.25, -0.2) is 0 Å². The molecule has 0 radical (unpaired) electrons. The summed E-state index contributed by atoms with van der Waals surface area (Å²) in [5, 5.41) is 25.7. The van der Waals surface area contributed by atoms with Gasteiger partial charge in [-0.2, -0.15) is 13.2 Å². The van der Waals surface area contributed by atoms with Crippen LogP contribution in [0.15, 0.2) is 36.4 Å². The Labute approximate surface area is 188 Å². The Morgan fingerprint density at radius 3 is 2.66 bits per heavy atom. The second kappa shape index (κ2) is 8.21. The quantitative estimate of drug-likeness (QED) is 0.536. The van der Waals surface area contributed by atoms with Gasteiger partial charge in [0.15, 0.2) is 17.3 Å². The molecule has 0 saturated carbocycles. The van der Waals surface area contributed by atoms with Crippen LogP contribution in [0.4, 0.5) is 13.2 Å². The van der Waals surface area contributed by atoms with Gasteiger partial charge in [-0.05, 0) is 29.8 Å². The van der Waals surface area contributed by atoms with Crippen molar-refractivity contribution in [3.63, 3.8) is 0 Å². The maximum absolute atomic E-state index is 13.8. The summed E-state index contributed by atoms with van der Waals surface area (Å²) in [5.41, 5.74) is 0.764. The highest BCUT2D eigenvalue weighted by Gasteiger charge is 2.43. The Hall–Kier alpha value is -2.92. The van der Waals surface area contributed by atoms with Gasteiger partial charge in [-0.15, -0.1) is 22.0 Å². The number of carboxylic acid groups (broad SMARTS) is 1. The van der Waals surface area contributed by atoms with Gasteiger partial charge in [0.2, 0.25) is 5.82 Å². The zero-order valence-corrected chi connectivity index (χ0v) is 17.9. The fourth-order valence-corrected chi connectivity index (χ4v) is 5.31. The van der Waals surface area contributed by atoms with Crippen LogP contribution in [-0.4, -0.2) is 38.1 Å². The Morgan fingerprint density at radius 1 is 1.25 bits per heavy atom. The molecule has 1 aliphatic rings. The number of carbonyl (C=O) groups is 1. The maximum atomic E-state index is 13.8. The zero-order valence-electron chi connectivity index (χ0n) is 16.3. The molecule has 12 heteroatoms. The van der Waals surface area contributed by atoms with Crippen molar-refractivity contribution >= 4 is 29.3 Å². The molecule has 1 aliphatic heterocycles. The van der Waals surface area contributed by atoms with Crippen LogP contribution in [0.25, 0.3) is 5.69 Å². The summed E-state index contributed by atoms with van der Waals surface area (Å²) in [6.45, 7) is 0. The molecule has 0 fully saturated rings. The molecule has 1 aromatic heterocycles. The number of hydrogen-bond donors (Lipinski definition) is 2. The number of thioether (sulfide) groups is 1. The molecular formula is C20H15ClF3N3O4S. The fourth-order valence-electron chi connectivity index (χ4n) is 3.62. The first kappa shape index (κ1) is 22.3. The van der Waals surface area contributed by atoms with E-state index in [9.17, 15) is 28.2 Å². The van der Waals surface area contributed by atoms with Gasteiger partial charge in [0.25, 0.3) is 0 Å². The highest BCUT2D eigenvalue weighted by molar-refractivity contribution is 8.00. The first-order valence-electron chi connectivity index (χ1n) is 9.17. The second-order valence-corrected chi connectivity index (χ2v) is 8.67. The predicted molar refractivity (Wildman–Crippen MR) is 110 cm³/mol. The maximum Gasteiger partial charge on any atom is 0.452 e. The molecule has 7 nitrogen and oxygen atoms in total. The monoisotopic (exact) mass is 485 g/mol. The smallest absolute Gasteiger partial charge is 0.452 e. The van der Waals surface area contributed by atoms with Crippen LogP contribution in [0.5, 0.6) is 11.5 Å². The average molecular weight is 486 g/mol. The Kier molecular flexibility index (Phi) is 5.72. The minimum absolute atomic E-state index is 0.0920. The average Bonchev–Trinajstić information content (AvgIpc) is 3.12. The Balaban J connectivity index is 2.03. The number of alkyl halides is 3. The standard InChI is InChI=1S/C20H15ClF3N3O4S/c1-31-13-4-2-3-10(16(13)30)17-11-7-9(21)5-6-12(11)27-18(14(32-17)8-15(28)29)25-26-19(27)20(22,23)24/h2-7,14,17,30H,8H2,1H3,(H,28,29)/t14-,17-/m1/s1. The minimum Gasteiger partial charge on any atom is -0.504 e. The Bertz CT molecular complexity index is 1200. The third kappa shape index (κ3) is 3.86. The van der Waals surface area contributed by atoms with Crippen LogP contribution in [-0.2, 0) is 11.0 Å². The second-order valence-electron chi connectivity index (χ2n) is 6.92. The van der Waals surface area contributed by atoms with Crippen molar-refractivity contribution in [1.82, 2.24) is 14.8 Å². The fraction of sp³-hybridized carbons (Fsp3) is 0.250. The summed E-state index contributed by atoms with van der Waals surface area (Å²) < 4.78 is 47.3. The van der Waals surface area contributed by atoms with E-state index in [1.54, 1.807) is 12.1 Å². The number of phenols is 1. The van der Waals surface area contributed by atoms with E-state index in [2.05, 4.69) is 10.2 Å². The predicted octanol–water partition coefficient (Wildman–Crippen LogP) is 5.01.